The minimum Gasteiger partial charge on any atom is -0.206 e. The molecule has 1 aromatic heterocycles. The van der Waals surface area contributed by atoms with Gasteiger partial charge in [0.2, 0.25) is 5.69 Å². The summed E-state index contributed by atoms with van der Waals surface area (Å²) in [5.74, 6) is -0.757. The normalized spacial score (nSPS) is 11.4. The molecule has 0 aliphatic rings. The van der Waals surface area contributed by atoms with E-state index in [1.54, 1.807) is 42.9 Å². The Hall–Kier alpha value is -2.10. The Morgan fingerprint density at radius 3 is 2.15 bits per heavy atom. The molecule has 1 heterocycles. The predicted octanol–water partition coefficient (Wildman–Crippen LogP) is 3.36. The van der Waals surface area contributed by atoms with Gasteiger partial charge in [0.25, 0.3) is 0 Å². The van der Waals surface area contributed by atoms with Crippen molar-refractivity contribution in [1.82, 2.24) is 5.10 Å². The van der Waals surface area contributed by atoms with E-state index in [9.17, 15) is 8.78 Å². The molecule has 3 rings (SSSR count). The fraction of sp³-hybridized carbons (Fsp3) is 0.250. The van der Waals surface area contributed by atoms with Crippen molar-refractivity contribution < 1.29 is 13.5 Å². The van der Waals surface area contributed by atoms with Crippen molar-refractivity contribution in [3.05, 3.63) is 47.3 Å². The highest BCUT2D eigenvalue weighted by atomic mass is 19.1. The van der Waals surface area contributed by atoms with Gasteiger partial charge in [0.15, 0.2) is 7.05 Å². The maximum atomic E-state index is 14.8. The Bertz CT molecular complexity index is 841. The summed E-state index contributed by atoms with van der Waals surface area (Å²) in [6.07, 6.45) is 0.592. The fourth-order valence-corrected chi connectivity index (χ4v) is 2.87. The molecule has 3 aromatic rings. The van der Waals surface area contributed by atoms with E-state index in [4.69, 9.17) is 0 Å². The van der Waals surface area contributed by atoms with E-state index >= 15 is 0 Å². The van der Waals surface area contributed by atoms with Gasteiger partial charge < -0.3 is 0 Å². The van der Waals surface area contributed by atoms with E-state index in [1.807, 2.05) is 6.92 Å². The number of fused-ring (bicyclic) bond motifs is 2. The van der Waals surface area contributed by atoms with Crippen LogP contribution in [-0.2, 0) is 13.5 Å². The standard InChI is InChI=1S/C16H15F2N2/c1-4-12-14-13(9(2)19-20(12)3)15(17)10-7-5-6-8-11(10)16(14)18/h5-8H,4H2,1-3H3/q+1. The average Bonchev–Trinajstić information content (AvgIpc) is 2.44. The molecule has 2 aromatic carbocycles. The van der Waals surface area contributed by atoms with Crippen LogP contribution in [0.2, 0.25) is 0 Å². The molecule has 0 amide bonds. The lowest BCUT2D eigenvalue weighted by molar-refractivity contribution is -0.736. The molecule has 20 heavy (non-hydrogen) atoms. The first-order valence-corrected chi connectivity index (χ1v) is 6.61. The fourth-order valence-electron chi connectivity index (χ4n) is 2.87. The van der Waals surface area contributed by atoms with Crippen LogP contribution in [0.25, 0.3) is 21.5 Å². The van der Waals surface area contributed by atoms with Crippen LogP contribution in [0.3, 0.4) is 0 Å². The Kier molecular flexibility index (Phi) is 2.89. The van der Waals surface area contributed by atoms with Gasteiger partial charge in [-0.1, -0.05) is 35.9 Å². The van der Waals surface area contributed by atoms with Gasteiger partial charge in [-0.25, -0.2) is 8.78 Å². The van der Waals surface area contributed by atoms with Gasteiger partial charge in [-0.2, -0.15) is 0 Å². The van der Waals surface area contributed by atoms with Gasteiger partial charge in [0.1, 0.15) is 17.3 Å². The van der Waals surface area contributed by atoms with Crippen LogP contribution in [0.4, 0.5) is 8.78 Å². The topological polar surface area (TPSA) is 16.8 Å². The molecule has 0 saturated carbocycles. The summed E-state index contributed by atoms with van der Waals surface area (Å²) < 4.78 is 31.2. The summed E-state index contributed by atoms with van der Waals surface area (Å²) in [6, 6.07) is 6.65. The molecule has 0 radical (unpaired) electrons. The third kappa shape index (κ3) is 1.60. The Balaban J connectivity index is 2.69. The summed E-state index contributed by atoms with van der Waals surface area (Å²) in [5, 5.41) is 5.55. The molecule has 0 spiro atoms. The van der Waals surface area contributed by atoms with Crippen LogP contribution in [0.15, 0.2) is 24.3 Å². The van der Waals surface area contributed by atoms with E-state index < -0.39 is 5.82 Å². The number of benzene rings is 2. The molecule has 0 aliphatic heterocycles. The van der Waals surface area contributed by atoms with E-state index in [0.717, 1.165) is 0 Å². The van der Waals surface area contributed by atoms with Gasteiger partial charge in [0.05, 0.1) is 10.8 Å². The van der Waals surface area contributed by atoms with Crippen LogP contribution in [0.1, 0.15) is 18.3 Å². The summed E-state index contributed by atoms with van der Waals surface area (Å²) in [6.45, 7) is 3.62. The van der Waals surface area contributed by atoms with Crippen molar-refractivity contribution in [2.45, 2.75) is 20.3 Å². The highest BCUT2D eigenvalue weighted by Crippen LogP contribution is 2.32. The van der Waals surface area contributed by atoms with Crippen LogP contribution in [0.5, 0.6) is 0 Å². The molecule has 4 heteroatoms. The van der Waals surface area contributed by atoms with Crippen LogP contribution >= 0.6 is 0 Å². The largest absolute Gasteiger partial charge is 0.218 e. The van der Waals surface area contributed by atoms with Crippen molar-refractivity contribution in [1.29, 1.82) is 0 Å². The molecule has 2 nitrogen and oxygen atoms in total. The van der Waals surface area contributed by atoms with Gasteiger partial charge in [0, 0.05) is 17.2 Å². The molecule has 102 valence electrons. The zero-order valence-electron chi connectivity index (χ0n) is 11.7. The van der Waals surface area contributed by atoms with Gasteiger partial charge >= 0.3 is 0 Å². The molecule has 0 N–H and O–H groups in total. The smallest absolute Gasteiger partial charge is 0.206 e. The number of aryl methyl sites for hydroxylation is 3. The van der Waals surface area contributed by atoms with E-state index in [1.165, 1.54) is 0 Å². The maximum Gasteiger partial charge on any atom is 0.218 e. The lowest BCUT2D eigenvalue weighted by Gasteiger charge is -2.10. The number of hydrogen-bond donors (Lipinski definition) is 0. The lowest BCUT2D eigenvalue weighted by Crippen LogP contribution is -2.39. The van der Waals surface area contributed by atoms with Gasteiger partial charge in [-0.15, -0.1) is 0 Å². The maximum absolute atomic E-state index is 14.8. The molecule has 0 saturated heterocycles. The Labute approximate surface area is 115 Å². The third-order valence-corrected chi connectivity index (χ3v) is 3.76. The molecule has 0 aliphatic carbocycles. The molecule has 0 fully saturated rings. The van der Waals surface area contributed by atoms with Gasteiger partial charge in [-0.3, -0.25) is 0 Å². The monoisotopic (exact) mass is 273 g/mol. The number of hydrogen-bond acceptors (Lipinski definition) is 1. The molecule has 0 unspecified atom stereocenters. The highest BCUT2D eigenvalue weighted by molar-refractivity contribution is 6.01. The summed E-state index contributed by atoms with van der Waals surface area (Å²) >= 11 is 0. The number of nitrogens with zero attached hydrogens (tertiary/aromatic N) is 2. The van der Waals surface area contributed by atoms with Crippen molar-refractivity contribution in [2.75, 3.05) is 0 Å². The Morgan fingerprint density at radius 1 is 1.05 bits per heavy atom. The first kappa shape index (κ1) is 12.9. The van der Waals surface area contributed by atoms with Crippen molar-refractivity contribution in [3.8, 4) is 0 Å². The lowest BCUT2D eigenvalue weighted by atomic mass is 9.99. The average molecular weight is 273 g/mol. The summed E-state index contributed by atoms with van der Waals surface area (Å²) in [5.41, 5.74) is 1.20. The number of rotatable bonds is 1. The van der Waals surface area contributed by atoms with Crippen molar-refractivity contribution in [2.24, 2.45) is 7.05 Å². The first-order valence-electron chi connectivity index (χ1n) is 6.61. The molecular weight excluding hydrogens is 258 g/mol. The second-order valence-corrected chi connectivity index (χ2v) is 4.93. The number of halogens is 2. The molecule has 0 bridgehead atoms. The Morgan fingerprint density at radius 2 is 1.60 bits per heavy atom. The minimum atomic E-state index is -0.391. The van der Waals surface area contributed by atoms with E-state index in [-0.39, 0.29) is 11.2 Å². The molecule has 0 atom stereocenters. The zero-order chi connectivity index (χ0) is 14.4. The minimum absolute atomic E-state index is 0.288. The zero-order valence-corrected chi connectivity index (χ0v) is 11.7. The molecular formula is C16H15F2N2+. The first-order chi connectivity index (χ1) is 9.56. The van der Waals surface area contributed by atoms with Crippen molar-refractivity contribution in [3.63, 3.8) is 0 Å². The summed E-state index contributed by atoms with van der Waals surface area (Å²) in [7, 11) is 1.76. The quantitative estimate of drug-likeness (QED) is 0.491. The predicted molar refractivity (Wildman–Crippen MR) is 74.5 cm³/mol. The van der Waals surface area contributed by atoms with Crippen LogP contribution in [-0.4, -0.2) is 5.10 Å². The van der Waals surface area contributed by atoms with E-state index in [2.05, 4.69) is 5.10 Å². The van der Waals surface area contributed by atoms with E-state index in [0.29, 0.717) is 34.0 Å². The second-order valence-electron chi connectivity index (χ2n) is 4.93. The number of aromatic nitrogens is 2. The SMILES string of the molecule is CCc1c2c(F)c3ccccc3c(F)c2c(C)n[n+]1C. The van der Waals surface area contributed by atoms with Crippen molar-refractivity contribution >= 4 is 21.5 Å². The van der Waals surface area contributed by atoms with Crippen LogP contribution < -0.4 is 4.68 Å². The van der Waals surface area contributed by atoms with Crippen LogP contribution in [0, 0.1) is 18.6 Å². The highest BCUT2D eigenvalue weighted by Gasteiger charge is 2.24. The second kappa shape index (κ2) is 4.47. The third-order valence-electron chi connectivity index (χ3n) is 3.76. The van der Waals surface area contributed by atoms with Gasteiger partial charge in [-0.05, 0) is 12.0 Å². The summed E-state index contributed by atoms with van der Waals surface area (Å²) in [4.78, 5) is 0.